The topological polar surface area (TPSA) is 93.5 Å². The van der Waals surface area contributed by atoms with Gasteiger partial charge in [-0.05, 0) is 70.8 Å². The van der Waals surface area contributed by atoms with Crippen molar-refractivity contribution in [1.29, 1.82) is 0 Å². The van der Waals surface area contributed by atoms with Crippen LogP contribution in [0.4, 0.5) is 5.69 Å². The third-order valence-electron chi connectivity index (χ3n) is 7.96. The average molecular weight is 496 g/mol. The van der Waals surface area contributed by atoms with Crippen LogP contribution in [0, 0.1) is 5.92 Å². The molecule has 6 heteroatoms. The number of ether oxygens (including phenoxy) is 1. The number of hydrogen-bond acceptors (Lipinski definition) is 5. The van der Waals surface area contributed by atoms with Gasteiger partial charge in [-0.3, -0.25) is 4.79 Å². The molecule has 4 unspecified atom stereocenters. The number of rotatable bonds is 9. The highest BCUT2D eigenvalue weighted by Crippen LogP contribution is 2.45. The second kappa shape index (κ2) is 10.8. The molecule has 1 amide bonds. The third-order valence-corrected chi connectivity index (χ3v) is 7.96. The van der Waals surface area contributed by atoms with Crippen LogP contribution in [0.3, 0.4) is 0 Å². The van der Waals surface area contributed by atoms with Crippen molar-refractivity contribution in [2.45, 2.75) is 96.9 Å². The van der Waals surface area contributed by atoms with Gasteiger partial charge in [0.2, 0.25) is 0 Å². The molecule has 1 aromatic carbocycles. The van der Waals surface area contributed by atoms with Crippen LogP contribution in [0.2, 0.25) is 0 Å². The van der Waals surface area contributed by atoms with E-state index in [1.165, 1.54) is 18.1 Å². The SMILES string of the molecule is CC(C)=CCCC(C)CCCC1(C)OC1CN1C(=O)C2=C(CCc3c(O)cc(O)cc31)C(O)CC=C2. The van der Waals surface area contributed by atoms with Crippen LogP contribution in [-0.2, 0) is 16.0 Å². The smallest absolute Gasteiger partial charge is 0.258 e. The number of nitrogens with zero attached hydrogens (tertiary/aromatic N) is 1. The van der Waals surface area contributed by atoms with Gasteiger partial charge in [0.1, 0.15) is 17.6 Å². The van der Waals surface area contributed by atoms with Crippen molar-refractivity contribution in [2.75, 3.05) is 11.4 Å². The highest BCUT2D eigenvalue weighted by molar-refractivity contribution is 6.09. The summed E-state index contributed by atoms with van der Waals surface area (Å²) in [6, 6.07) is 2.86. The summed E-state index contributed by atoms with van der Waals surface area (Å²) < 4.78 is 6.14. The van der Waals surface area contributed by atoms with Gasteiger partial charge in [-0.1, -0.05) is 43.6 Å². The zero-order valence-electron chi connectivity index (χ0n) is 22.1. The van der Waals surface area contributed by atoms with Crippen molar-refractivity contribution in [2.24, 2.45) is 5.92 Å². The molecule has 36 heavy (non-hydrogen) atoms. The Bertz CT molecular complexity index is 1080. The molecule has 3 N–H and O–H groups in total. The number of benzene rings is 1. The summed E-state index contributed by atoms with van der Waals surface area (Å²) in [5.41, 5.74) is 3.43. The number of anilines is 1. The number of epoxide rings is 1. The van der Waals surface area contributed by atoms with Crippen LogP contribution >= 0.6 is 0 Å². The number of allylic oxidation sites excluding steroid dienone is 2. The van der Waals surface area contributed by atoms with Gasteiger partial charge in [-0.2, -0.15) is 0 Å². The number of carbonyl (C=O) groups excluding carboxylic acids is 1. The fourth-order valence-electron chi connectivity index (χ4n) is 5.58. The van der Waals surface area contributed by atoms with Gasteiger partial charge >= 0.3 is 0 Å². The van der Waals surface area contributed by atoms with E-state index >= 15 is 0 Å². The number of aliphatic hydroxyl groups is 1. The van der Waals surface area contributed by atoms with E-state index in [2.05, 4.69) is 33.8 Å². The summed E-state index contributed by atoms with van der Waals surface area (Å²) in [5, 5.41) is 31.4. The molecule has 0 radical (unpaired) electrons. The minimum Gasteiger partial charge on any atom is -0.508 e. The van der Waals surface area contributed by atoms with Gasteiger partial charge < -0.3 is 25.0 Å². The first-order valence-electron chi connectivity index (χ1n) is 13.3. The molecule has 0 bridgehead atoms. The van der Waals surface area contributed by atoms with Gasteiger partial charge in [-0.25, -0.2) is 0 Å². The zero-order chi connectivity index (χ0) is 26.0. The van der Waals surface area contributed by atoms with Gasteiger partial charge in [0.15, 0.2) is 0 Å². The van der Waals surface area contributed by atoms with Crippen LogP contribution in [0.25, 0.3) is 0 Å². The standard InChI is InChI=1S/C30H41NO5/c1-19(2)8-5-9-20(3)10-7-15-30(4)28(36-30)18-31-25-16-21(32)17-27(34)24(25)14-13-22-23(29(31)35)11-6-12-26(22)33/h6,8,11,16-17,20,26,28,32-34H,5,7,9-10,12-15,18H2,1-4H3. The van der Waals surface area contributed by atoms with Gasteiger partial charge in [0.05, 0.1) is 23.9 Å². The largest absolute Gasteiger partial charge is 0.508 e. The van der Waals surface area contributed by atoms with Crippen molar-refractivity contribution in [3.63, 3.8) is 0 Å². The van der Waals surface area contributed by atoms with E-state index in [1.54, 1.807) is 17.0 Å². The lowest BCUT2D eigenvalue weighted by Gasteiger charge is -2.31. The van der Waals surface area contributed by atoms with Gasteiger partial charge in [-0.15, -0.1) is 0 Å². The summed E-state index contributed by atoms with van der Waals surface area (Å²) in [6.45, 7) is 9.02. The molecule has 0 saturated carbocycles. The zero-order valence-corrected chi connectivity index (χ0v) is 22.1. The Morgan fingerprint density at radius 1 is 1.25 bits per heavy atom. The van der Waals surface area contributed by atoms with Crippen molar-refractivity contribution in [3.8, 4) is 11.5 Å². The predicted octanol–water partition coefficient (Wildman–Crippen LogP) is 5.70. The second-order valence-electron chi connectivity index (χ2n) is 11.2. The number of phenols is 2. The van der Waals surface area contributed by atoms with Crippen LogP contribution in [0.15, 0.2) is 47.1 Å². The molecule has 1 saturated heterocycles. The van der Waals surface area contributed by atoms with Crippen LogP contribution < -0.4 is 4.90 Å². The maximum absolute atomic E-state index is 13.8. The molecule has 4 rings (SSSR count). The van der Waals surface area contributed by atoms with E-state index in [0.29, 0.717) is 54.1 Å². The van der Waals surface area contributed by atoms with Crippen molar-refractivity contribution in [3.05, 3.63) is 52.6 Å². The number of aromatic hydroxyl groups is 2. The maximum atomic E-state index is 13.8. The summed E-state index contributed by atoms with van der Waals surface area (Å²) in [4.78, 5) is 15.4. The predicted molar refractivity (Wildman–Crippen MR) is 142 cm³/mol. The highest BCUT2D eigenvalue weighted by atomic mass is 16.6. The molecule has 2 aliphatic heterocycles. The molecule has 1 fully saturated rings. The highest BCUT2D eigenvalue weighted by Gasteiger charge is 2.53. The Morgan fingerprint density at radius 2 is 2.03 bits per heavy atom. The lowest BCUT2D eigenvalue weighted by Crippen LogP contribution is -2.39. The summed E-state index contributed by atoms with van der Waals surface area (Å²) in [5.74, 6) is 0.315. The fourth-order valence-corrected chi connectivity index (χ4v) is 5.58. The number of phenolic OH excluding ortho intramolecular Hbond substituents is 2. The summed E-state index contributed by atoms with van der Waals surface area (Å²) in [7, 11) is 0. The fraction of sp³-hybridized carbons (Fsp3) is 0.567. The van der Waals surface area contributed by atoms with Crippen LogP contribution in [-0.4, -0.2) is 45.6 Å². The Hall–Kier alpha value is -2.57. The minimum atomic E-state index is -0.697. The van der Waals surface area contributed by atoms with E-state index in [-0.39, 0.29) is 29.1 Å². The molecule has 0 spiro atoms. The number of hydrogen-bond donors (Lipinski definition) is 3. The first-order chi connectivity index (χ1) is 17.1. The van der Waals surface area contributed by atoms with E-state index in [4.69, 9.17) is 4.74 Å². The molecule has 2 heterocycles. The minimum absolute atomic E-state index is 0.0331. The van der Waals surface area contributed by atoms with Crippen LogP contribution in [0.5, 0.6) is 11.5 Å². The number of amides is 1. The monoisotopic (exact) mass is 495 g/mol. The summed E-state index contributed by atoms with van der Waals surface area (Å²) in [6.07, 6.45) is 12.0. The number of carbonyl (C=O) groups is 1. The molecule has 196 valence electrons. The van der Waals surface area contributed by atoms with Crippen LogP contribution in [0.1, 0.15) is 78.2 Å². The molecule has 1 aliphatic carbocycles. The van der Waals surface area contributed by atoms with Crippen molar-refractivity contribution >= 4 is 11.6 Å². The molecular weight excluding hydrogens is 454 g/mol. The molecule has 1 aromatic rings. The summed E-state index contributed by atoms with van der Waals surface area (Å²) >= 11 is 0. The van der Waals surface area contributed by atoms with E-state index in [0.717, 1.165) is 25.7 Å². The Kier molecular flexibility index (Phi) is 7.96. The van der Waals surface area contributed by atoms with Crippen molar-refractivity contribution < 1.29 is 24.9 Å². The molecular formula is C30H41NO5. The second-order valence-corrected chi connectivity index (χ2v) is 11.2. The lowest BCUT2D eigenvalue weighted by atomic mass is 9.87. The first kappa shape index (κ1) is 26.5. The third kappa shape index (κ3) is 5.87. The number of fused-ring (bicyclic) bond motifs is 1. The van der Waals surface area contributed by atoms with Crippen molar-refractivity contribution in [1.82, 2.24) is 0 Å². The lowest BCUT2D eigenvalue weighted by molar-refractivity contribution is -0.115. The Labute approximate surface area is 215 Å². The average Bonchev–Trinajstić information content (AvgIpc) is 3.44. The first-order valence-corrected chi connectivity index (χ1v) is 13.3. The molecule has 4 atom stereocenters. The molecule has 0 aromatic heterocycles. The van der Waals surface area contributed by atoms with Gasteiger partial charge in [0.25, 0.3) is 5.91 Å². The van der Waals surface area contributed by atoms with E-state index in [9.17, 15) is 20.1 Å². The molecule has 6 nitrogen and oxygen atoms in total. The normalized spacial score (nSPS) is 26.1. The quantitative estimate of drug-likeness (QED) is 0.302. The Balaban J connectivity index is 1.47. The number of aliphatic hydroxyl groups excluding tert-OH is 1. The van der Waals surface area contributed by atoms with Gasteiger partial charge in [0, 0.05) is 23.3 Å². The maximum Gasteiger partial charge on any atom is 0.258 e. The van der Waals surface area contributed by atoms with E-state index < -0.39 is 6.10 Å². The Morgan fingerprint density at radius 3 is 2.78 bits per heavy atom. The van der Waals surface area contributed by atoms with E-state index in [1.807, 2.05) is 6.08 Å². The molecule has 3 aliphatic rings.